The molecule has 164 valence electrons. The van der Waals surface area contributed by atoms with Crippen molar-refractivity contribution in [2.24, 2.45) is 0 Å². The van der Waals surface area contributed by atoms with Gasteiger partial charge in [0.05, 0.1) is 13.7 Å². The van der Waals surface area contributed by atoms with Crippen molar-refractivity contribution in [3.8, 4) is 11.5 Å². The van der Waals surface area contributed by atoms with E-state index in [0.717, 1.165) is 12.0 Å². The van der Waals surface area contributed by atoms with Gasteiger partial charge in [-0.05, 0) is 61.4 Å². The van der Waals surface area contributed by atoms with Gasteiger partial charge in [-0.25, -0.2) is 4.79 Å². The second-order valence-electron chi connectivity index (χ2n) is 6.58. The van der Waals surface area contributed by atoms with Gasteiger partial charge in [0.2, 0.25) is 5.91 Å². The summed E-state index contributed by atoms with van der Waals surface area (Å²) in [6.45, 7) is 3.94. The maximum Gasteiger partial charge on any atom is 0.331 e. The second kappa shape index (κ2) is 12.2. The molecule has 0 aliphatic carbocycles. The minimum absolute atomic E-state index is 0.0764. The maximum atomic E-state index is 12.2. The van der Waals surface area contributed by atoms with Gasteiger partial charge in [-0.1, -0.05) is 13.0 Å². The first-order valence-electron chi connectivity index (χ1n) is 10.1. The number of nitrogens with one attached hydrogen (secondary N) is 1. The van der Waals surface area contributed by atoms with Gasteiger partial charge in [0, 0.05) is 23.7 Å². The second-order valence-corrected chi connectivity index (χ2v) is 6.58. The van der Waals surface area contributed by atoms with E-state index in [2.05, 4.69) is 5.32 Å². The minimum Gasteiger partial charge on any atom is -0.493 e. The molecule has 2 rings (SSSR count). The van der Waals surface area contributed by atoms with E-state index < -0.39 is 5.97 Å². The molecular formula is C24H27NO6. The number of Topliss-reactive ketones (excluding diaryl/α,β-unsaturated/α-hetero) is 1. The number of carbonyl (C=O) groups excluding carboxylic acids is 3. The number of hydrogen-bond acceptors (Lipinski definition) is 6. The van der Waals surface area contributed by atoms with Crippen molar-refractivity contribution in [2.75, 3.05) is 25.6 Å². The largest absolute Gasteiger partial charge is 0.493 e. The van der Waals surface area contributed by atoms with Gasteiger partial charge < -0.3 is 19.5 Å². The Morgan fingerprint density at radius 3 is 2.39 bits per heavy atom. The third-order valence-electron chi connectivity index (χ3n) is 4.21. The summed E-state index contributed by atoms with van der Waals surface area (Å²) in [5.74, 6) is 0.126. The molecule has 0 spiro atoms. The third-order valence-corrected chi connectivity index (χ3v) is 4.21. The molecule has 0 radical (unpaired) electrons. The van der Waals surface area contributed by atoms with E-state index in [-0.39, 0.29) is 18.3 Å². The molecule has 0 heterocycles. The first-order chi connectivity index (χ1) is 15.0. The molecule has 1 amide bonds. The summed E-state index contributed by atoms with van der Waals surface area (Å²) < 4.78 is 15.8. The molecule has 0 aromatic heterocycles. The summed E-state index contributed by atoms with van der Waals surface area (Å²) in [6, 6.07) is 11.7. The summed E-state index contributed by atoms with van der Waals surface area (Å²) in [4.78, 5) is 35.8. The highest BCUT2D eigenvalue weighted by Crippen LogP contribution is 2.28. The minimum atomic E-state index is -0.635. The highest BCUT2D eigenvalue weighted by molar-refractivity contribution is 5.99. The fraction of sp³-hybridized carbons (Fsp3) is 0.292. The van der Waals surface area contributed by atoms with Crippen molar-refractivity contribution < 1.29 is 28.6 Å². The van der Waals surface area contributed by atoms with E-state index in [0.29, 0.717) is 35.8 Å². The van der Waals surface area contributed by atoms with Crippen LogP contribution in [0, 0.1) is 0 Å². The van der Waals surface area contributed by atoms with Crippen LogP contribution >= 0.6 is 0 Å². The van der Waals surface area contributed by atoms with Crippen LogP contribution in [0.1, 0.15) is 42.6 Å². The first kappa shape index (κ1) is 23.7. The zero-order chi connectivity index (χ0) is 22.6. The summed E-state index contributed by atoms with van der Waals surface area (Å²) in [6.07, 6.45) is 4.01. The zero-order valence-corrected chi connectivity index (χ0v) is 18.0. The van der Waals surface area contributed by atoms with Gasteiger partial charge in [0.1, 0.15) is 0 Å². The van der Waals surface area contributed by atoms with E-state index in [1.807, 2.05) is 13.8 Å². The SMILES string of the molecule is CCCC(=O)Nc1ccc(C(=O)COC(=O)/C=C/c2ccc(OCC)c(OC)c2)cc1. The highest BCUT2D eigenvalue weighted by Gasteiger charge is 2.10. The Morgan fingerprint density at radius 1 is 1.00 bits per heavy atom. The quantitative estimate of drug-likeness (QED) is 0.328. The lowest BCUT2D eigenvalue weighted by Crippen LogP contribution is -2.13. The van der Waals surface area contributed by atoms with Crippen molar-refractivity contribution in [3.63, 3.8) is 0 Å². The average Bonchev–Trinajstić information content (AvgIpc) is 2.77. The van der Waals surface area contributed by atoms with Crippen LogP contribution < -0.4 is 14.8 Å². The van der Waals surface area contributed by atoms with Crippen LogP contribution in [0.4, 0.5) is 5.69 Å². The third kappa shape index (κ3) is 7.62. The fourth-order valence-electron chi connectivity index (χ4n) is 2.68. The molecule has 2 aromatic carbocycles. The number of ether oxygens (including phenoxy) is 3. The molecule has 0 unspecified atom stereocenters. The van der Waals surface area contributed by atoms with Gasteiger partial charge in [0.25, 0.3) is 0 Å². The molecule has 0 bridgehead atoms. The van der Waals surface area contributed by atoms with Crippen LogP contribution in [0.3, 0.4) is 0 Å². The number of hydrogen-bond donors (Lipinski definition) is 1. The average molecular weight is 425 g/mol. The molecule has 2 aromatic rings. The van der Waals surface area contributed by atoms with E-state index in [1.54, 1.807) is 48.5 Å². The van der Waals surface area contributed by atoms with Crippen molar-refractivity contribution in [3.05, 3.63) is 59.7 Å². The Morgan fingerprint density at radius 2 is 1.74 bits per heavy atom. The molecule has 7 nitrogen and oxygen atoms in total. The van der Waals surface area contributed by atoms with Gasteiger partial charge >= 0.3 is 5.97 Å². The molecule has 31 heavy (non-hydrogen) atoms. The Balaban J connectivity index is 1.88. The summed E-state index contributed by atoms with van der Waals surface area (Å²) in [5, 5.41) is 2.75. The van der Waals surface area contributed by atoms with Gasteiger partial charge in [-0.15, -0.1) is 0 Å². The van der Waals surface area contributed by atoms with E-state index >= 15 is 0 Å². The Kier molecular flexibility index (Phi) is 9.29. The van der Waals surface area contributed by atoms with Gasteiger partial charge in [0.15, 0.2) is 23.9 Å². The lowest BCUT2D eigenvalue weighted by atomic mass is 10.1. The smallest absolute Gasteiger partial charge is 0.331 e. The van der Waals surface area contributed by atoms with Crippen molar-refractivity contribution in [2.45, 2.75) is 26.7 Å². The summed E-state index contributed by atoms with van der Waals surface area (Å²) >= 11 is 0. The molecule has 7 heteroatoms. The topological polar surface area (TPSA) is 90.9 Å². The Bertz CT molecular complexity index is 934. The normalized spacial score (nSPS) is 10.5. The zero-order valence-electron chi connectivity index (χ0n) is 18.0. The highest BCUT2D eigenvalue weighted by atomic mass is 16.5. The summed E-state index contributed by atoms with van der Waals surface area (Å²) in [7, 11) is 1.54. The number of ketones is 1. The summed E-state index contributed by atoms with van der Waals surface area (Å²) in [5.41, 5.74) is 1.73. The monoisotopic (exact) mass is 425 g/mol. The van der Waals surface area contributed by atoms with E-state index in [9.17, 15) is 14.4 Å². The molecule has 0 fully saturated rings. The first-order valence-corrected chi connectivity index (χ1v) is 10.1. The number of anilines is 1. The Hall–Kier alpha value is -3.61. The number of methoxy groups -OCH3 is 1. The van der Waals surface area contributed by atoms with Crippen LogP contribution in [-0.4, -0.2) is 38.0 Å². The van der Waals surface area contributed by atoms with Crippen molar-refractivity contribution in [1.29, 1.82) is 0 Å². The number of rotatable bonds is 11. The molecular weight excluding hydrogens is 398 g/mol. The fourth-order valence-corrected chi connectivity index (χ4v) is 2.68. The predicted molar refractivity (Wildman–Crippen MR) is 118 cm³/mol. The predicted octanol–water partition coefficient (Wildman–Crippen LogP) is 4.27. The van der Waals surface area contributed by atoms with Crippen LogP contribution in [0.2, 0.25) is 0 Å². The molecule has 0 saturated heterocycles. The van der Waals surface area contributed by atoms with Crippen molar-refractivity contribution >= 4 is 29.4 Å². The van der Waals surface area contributed by atoms with Crippen LogP contribution in [0.25, 0.3) is 6.08 Å². The van der Waals surface area contributed by atoms with Crippen LogP contribution in [0.5, 0.6) is 11.5 Å². The maximum absolute atomic E-state index is 12.2. The number of amides is 1. The van der Waals surface area contributed by atoms with Crippen LogP contribution in [-0.2, 0) is 14.3 Å². The molecule has 0 atom stereocenters. The number of carbonyl (C=O) groups is 3. The lowest BCUT2D eigenvalue weighted by molar-refractivity contribution is -0.136. The molecule has 1 N–H and O–H groups in total. The molecule has 0 aliphatic rings. The molecule has 0 aliphatic heterocycles. The number of benzene rings is 2. The van der Waals surface area contributed by atoms with Gasteiger partial charge in [-0.2, -0.15) is 0 Å². The van der Waals surface area contributed by atoms with Crippen molar-refractivity contribution in [1.82, 2.24) is 0 Å². The van der Waals surface area contributed by atoms with Crippen LogP contribution in [0.15, 0.2) is 48.5 Å². The standard InChI is InChI=1S/C24H27NO6/c1-4-6-23(27)25-19-11-9-18(10-12-19)20(26)16-31-24(28)14-8-17-7-13-21(30-5-2)22(15-17)29-3/h7-15H,4-6,16H2,1-3H3,(H,25,27)/b14-8+. The lowest BCUT2D eigenvalue weighted by Gasteiger charge is -2.09. The molecule has 0 saturated carbocycles. The van der Waals surface area contributed by atoms with E-state index in [1.165, 1.54) is 13.2 Å². The van der Waals surface area contributed by atoms with Gasteiger partial charge in [-0.3, -0.25) is 9.59 Å². The Labute approximate surface area is 182 Å². The van der Waals surface area contributed by atoms with E-state index in [4.69, 9.17) is 14.2 Å². The number of esters is 1.